The molecule has 0 bridgehead atoms. The minimum Gasteiger partial charge on any atom is -0.493 e. The molecule has 0 spiro atoms. The summed E-state index contributed by atoms with van der Waals surface area (Å²) in [6, 6.07) is 14.5. The van der Waals surface area contributed by atoms with Crippen LogP contribution in [0, 0.1) is 5.92 Å². The van der Waals surface area contributed by atoms with Crippen molar-refractivity contribution in [1.82, 2.24) is 9.62 Å². The van der Waals surface area contributed by atoms with Crippen LogP contribution in [0.15, 0.2) is 42.5 Å². The Morgan fingerprint density at radius 3 is 2.71 bits per heavy atom. The first-order chi connectivity index (χ1) is 15.0. The van der Waals surface area contributed by atoms with Crippen LogP contribution in [0.25, 0.3) is 11.1 Å². The van der Waals surface area contributed by atoms with Gasteiger partial charge >= 0.3 is 0 Å². The van der Waals surface area contributed by atoms with Crippen LogP contribution in [0.3, 0.4) is 0 Å². The number of nitrogens with zero attached hydrogens (tertiary/aromatic N) is 1. The Morgan fingerprint density at radius 1 is 1.16 bits per heavy atom. The lowest BCUT2D eigenvalue weighted by Crippen LogP contribution is -2.45. The molecule has 1 fully saturated rings. The molecule has 2 aromatic carbocycles. The van der Waals surface area contributed by atoms with Crippen molar-refractivity contribution in [3.8, 4) is 16.9 Å². The first-order valence-electron chi connectivity index (χ1n) is 11.1. The van der Waals surface area contributed by atoms with Gasteiger partial charge in [0.15, 0.2) is 0 Å². The number of sulfonamides is 1. The van der Waals surface area contributed by atoms with Gasteiger partial charge in [-0.25, -0.2) is 12.7 Å². The third-order valence-corrected chi connectivity index (χ3v) is 8.10. The highest BCUT2D eigenvalue weighted by atomic mass is 32.2. The molecule has 7 heteroatoms. The summed E-state index contributed by atoms with van der Waals surface area (Å²) in [6.07, 6.45) is 2.99. The Hall–Kier alpha value is -2.38. The third kappa shape index (κ3) is 5.10. The molecule has 6 nitrogen and oxygen atoms in total. The number of amides is 1. The second-order valence-corrected chi connectivity index (χ2v) is 10.4. The minimum atomic E-state index is -3.26. The molecule has 4 rings (SSSR count). The highest BCUT2D eigenvalue weighted by molar-refractivity contribution is 7.89. The van der Waals surface area contributed by atoms with Gasteiger partial charge in [0.2, 0.25) is 15.9 Å². The maximum absolute atomic E-state index is 12.7. The Bertz CT molecular complexity index is 1030. The molecule has 1 N–H and O–H groups in total. The van der Waals surface area contributed by atoms with Crippen LogP contribution in [-0.4, -0.2) is 44.1 Å². The van der Waals surface area contributed by atoms with E-state index in [4.69, 9.17) is 4.74 Å². The Morgan fingerprint density at radius 2 is 1.94 bits per heavy atom. The van der Waals surface area contributed by atoms with Gasteiger partial charge in [-0.15, -0.1) is 0 Å². The quantitative estimate of drug-likeness (QED) is 0.714. The summed E-state index contributed by atoms with van der Waals surface area (Å²) in [7, 11) is -3.26. The number of carbonyl (C=O) groups is 1. The van der Waals surface area contributed by atoms with Crippen molar-refractivity contribution in [3.05, 3.63) is 53.6 Å². The van der Waals surface area contributed by atoms with E-state index in [-0.39, 0.29) is 24.1 Å². The van der Waals surface area contributed by atoms with Crippen molar-refractivity contribution in [2.45, 2.75) is 39.2 Å². The second-order valence-electron chi connectivity index (χ2n) is 8.35. The van der Waals surface area contributed by atoms with E-state index >= 15 is 0 Å². The van der Waals surface area contributed by atoms with Crippen LogP contribution in [0.2, 0.25) is 0 Å². The largest absolute Gasteiger partial charge is 0.493 e. The van der Waals surface area contributed by atoms with Gasteiger partial charge in [-0.2, -0.15) is 0 Å². The Labute approximate surface area is 184 Å². The number of benzene rings is 2. The molecule has 0 aliphatic carbocycles. The topological polar surface area (TPSA) is 75.7 Å². The van der Waals surface area contributed by atoms with Gasteiger partial charge in [-0.05, 0) is 53.6 Å². The van der Waals surface area contributed by atoms with Gasteiger partial charge in [0.25, 0.3) is 0 Å². The number of rotatable bonds is 7. The number of carbonyl (C=O) groups excluding carboxylic acids is 1. The van der Waals surface area contributed by atoms with Gasteiger partial charge in [-0.1, -0.05) is 37.3 Å². The molecule has 31 heavy (non-hydrogen) atoms. The highest BCUT2D eigenvalue weighted by Crippen LogP contribution is 2.30. The van der Waals surface area contributed by atoms with E-state index in [1.165, 1.54) is 9.87 Å². The second kappa shape index (κ2) is 9.40. The fourth-order valence-electron chi connectivity index (χ4n) is 4.31. The summed E-state index contributed by atoms with van der Waals surface area (Å²) in [5, 5.41) is 2.99. The SMILES string of the molecule is CCCS(=O)(=O)N1CCCC(C(=O)NCc2ccc(-c3ccc4c(c3)CCO4)cc2)C1. The van der Waals surface area contributed by atoms with E-state index in [2.05, 4.69) is 29.6 Å². The lowest BCUT2D eigenvalue weighted by atomic mass is 9.98. The van der Waals surface area contributed by atoms with Crippen LogP contribution in [-0.2, 0) is 27.8 Å². The zero-order valence-electron chi connectivity index (χ0n) is 18.0. The minimum absolute atomic E-state index is 0.0703. The zero-order chi connectivity index (χ0) is 21.8. The predicted octanol–water partition coefficient (Wildman–Crippen LogP) is 3.36. The molecule has 0 saturated carbocycles. The normalized spacial score (nSPS) is 18.9. The molecule has 1 atom stereocenters. The summed E-state index contributed by atoms with van der Waals surface area (Å²) in [5.41, 5.74) is 4.56. The smallest absolute Gasteiger partial charge is 0.224 e. The van der Waals surface area contributed by atoms with Crippen molar-refractivity contribution < 1.29 is 17.9 Å². The molecule has 2 aliphatic heterocycles. The first kappa shape index (κ1) is 21.8. The molecule has 2 heterocycles. The Kier molecular flexibility index (Phi) is 6.62. The van der Waals surface area contributed by atoms with E-state index in [0.29, 0.717) is 19.5 Å². The standard InChI is InChI=1S/C24H30N2O4S/c1-2-14-31(28,29)26-12-3-4-22(17-26)24(27)25-16-18-5-7-19(8-6-18)20-9-10-23-21(15-20)11-13-30-23/h5-10,15,22H,2-4,11-14,16-17H2,1H3,(H,25,27). The fraction of sp³-hybridized carbons (Fsp3) is 0.458. The fourth-order valence-corrected chi connectivity index (χ4v) is 5.90. The van der Waals surface area contributed by atoms with Crippen molar-refractivity contribution in [1.29, 1.82) is 0 Å². The maximum Gasteiger partial charge on any atom is 0.224 e. The van der Waals surface area contributed by atoms with Gasteiger partial charge < -0.3 is 10.1 Å². The zero-order valence-corrected chi connectivity index (χ0v) is 18.8. The molecule has 1 amide bonds. The molecule has 166 valence electrons. The summed E-state index contributed by atoms with van der Waals surface area (Å²) in [5.74, 6) is 0.768. The van der Waals surface area contributed by atoms with Crippen molar-refractivity contribution in [2.75, 3.05) is 25.4 Å². The lowest BCUT2D eigenvalue weighted by molar-refractivity contribution is -0.126. The van der Waals surface area contributed by atoms with Crippen molar-refractivity contribution >= 4 is 15.9 Å². The average Bonchev–Trinajstić information content (AvgIpc) is 3.26. The lowest BCUT2D eigenvalue weighted by Gasteiger charge is -2.31. The number of hydrogen-bond acceptors (Lipinski definition) is 4. The molecule has 0 radical (unpaired) electrons. The molecular formula is C24H30N2O4S. The van der Waals surface area contributed by atoms with Crippen molar-refractivity contribution in [3.63, 3.8) is 0 Å². The highest BCUT2D eigenvalue weighted by Gasteiger charge is 2.31. The van der Waals surface area contributed by atoms with Crippen LogP contribution < -0.4 is 10.1 Å². The van der Waals surface area contributed by atoms with Crippen LogP contribution in [0.4, 0.5) is 0 Å². The predicted molar refractivity (Wildman–Crippen MR) is 121 cm³/mol. The van der Waals surface area contributed by atoms with E-state index in [9.17, 15) is 13.2 Å². The van der Waals surface area contributed by atoms with Crippen LogP contribution in [0.5, 0.6) is 5.75 Å². The number of fused-ring (bicyclic) bond motifs is 1. The summed E-state index contributed by atoms with van der Waals surface area (Å²) in [4.78, 5) is 12.7. The van der Waals surface area contributed by atoms with Gasteiger partial charge in [0.05, 0.1) is 18.3 Å². The number of piperidine rings is 1. The molecule has 1 saturated heterocycles. The monoisotopic (exact) mass is 442 g/mol. The van der Waals surface area contributed by atoms with Crippen LogP contribution >= 0.6 is 0 Å². The van der Waals surface area contributed by atoms with E-state index in [1.54, 1.807) is 0 Å². The summed E-state index contributed by atoms with van der Waals surface area (Å²) in [6.45, 7) is 3.85. The molecular weight excluding hydrogens is 412 g/mol. The average molecular weight is 443 g/mol. The molecule has 0 aromatic heterocycles. The van der Waals surface area contributed by atoms with E-state index in [0.717, 1.165) is 48.3 Å². The van der Waals surface area contributed by atoms with E-state index < -0.39 is 10.0 Å². The maximum atomic E-state index is 12.7. The summed E-state index contributed by atoms with van der Waals surface area (Å²) < 4.78 is 31.7. The van der Waals surface area contributed by atoms with E-state index in [1.807, 2.05) is 25.1 Å². The molecule has 2 aliphatic rings. The Balaban J connectivity index is 1.33. The molecule has 2 aromatic rings. The first-order valence-corrected chi connectivity index (χ1v) is 12.7. The van der Waals surface area contributed by atoms with Gasteiger partial charge in [-0.3, -0.25) is 4.79 Å². The van der Waals surface area contributed by atoms with Gasteiger partial charge in [0, 0.05) is 26.1 Å². The summed E-state index contributed by atoms with van der Waals surface area (Å²) >= 11 is 0. The number of nitrogens with one attached hydrogen (secondary N) is 1. The van der Waals surface area contributed by atoms with Gasteiger partial charge in [0.1, 0.15) is 5.75 Å². The molecule has 1 unspecified atom stereocenters. The number of hydrogen-bond donors (Lipinski definition) is 1. The number of ether oxygens (including phenoxy) is 1. The van der Waals surface area contributed by atoms with Crippen molar-refractivity contribution in [2.24, 2.45) is 5.92 Å². The third-order valence-electron chi connectivity index (χ3n) is 6.05. The van der Waals surface area contributed by atoms with Crippen LogP contribution in [0.1, 0.15) is 37.3 Å².